The number of hydrogen-bond acceptors (Lipinski definition) is 5. The van der Waals surface area contributed by atoms with Gasteiger partial charge in [0.1, 0.15) is 0 Å². The molecule has 0 aliphatic rings. The molecule has 0 aliphatic carbocycles. The van der Waals surface area contributed by atoms with E-state index in [-0.39, 0.29) is 6.61 Å². The van der Waals surface area contributed by atoms with E-state index in [9.17, 15) is 28.5 Å². The van der Waals surface area contributed by atoms with Crippen LogP contribution in [-0.2, 0) is 4.74 Å². The average Bonchev–Trinajstić information content (AvgIpc) is 2.27. The van der Waals surface area contributed by atoms with Crippen LogP contribution < -0.4 is 5.43 Å². The van der Waals surface area contributed by atoms with Crippen molar-refractivity contribution in [2.45, 2.75) is 13.3 Å². The standard InChI is InChI=1S/C9H8F2N2O5/c1-2-18-9(15)6-5(14)3-4(7(10)11)12-8(6)13(16)17/h3,7H,2H2,1H3,(H,12,14). The molecular formula is C9H8F2N2O5. The highest BCUT2D eigenvalue weighted by atomic mass is 19.3. The van der Waals surface area contributed by atoms with Crippen molar-refractivity contribution in [3.8, 4) is 0 Å². The molecule has 1 aromatic heterocycles. The van der Waals surface area contributed by atoms with Crippen LogP contribution in [0.2, 0.25) is 0 Å². The molecular weight excluding hydrogens is 254 g/mol. The first-order chi connectivity index (χ1) is 8.38. The molecule has 0 saturated heterocycles. The Morgan fingerprint density at radius 1 is 1.61 bits per heavy atom. The molecule has 0 atom stereocenters. The Morgan fingerprint density at radius 2 is 2.22 bits per heavy atom. The van der Waals surface area contributed by atoms with E-state index >= 15 is 0 Å². The highest BCUT2D eigenvalue weighted by Gasteiger charge is 2.28. The van der Waals surface area contributed by atoms with Crippen LogP contribution in [0.1, 0.15) is 29.4 Å². The van der Waals surface area contributed by atoms with Gasteiger partial charge in [0.2, 0.25) is 5.43 Å². The van der Waals surface area contributed by atoms with Gasteiger partial charge in [0, 0.05) is 6.07 Å². The van der Waals surface area contributed by atoms with Gasteiger partial charge in [-0.3, -0.25) is 4.79 Å². The summed E-state index contributed by atoms with van der Waals surface area (Å²) in [5.74, 6) is -2.33. The molecule has 0 aromatic carbocycles. The Balaban J connectivity index is 3.46. The van der Waals surface area contributed by atoms with E-state index in [2.05, 4.69) is 4.74 Å². The summed E-state index contributed by atoms with van der Waals surface area (Å²) in [6.07, 6.45) is -3.09. The predicted molar refractivity (Wildman–Crippen MR) is 54.6 cm³/mol. The van der Waals surface area contributed by atoms with E-state index in [1.54, 1.807) is 4.98 Å². The van der Waals surface area contributed by atoms with Gasteiger partial charge < -0.3 is 14.9 Å². The Bertz CT molecular complexity index is 540. The Kier molecular flexibility index (Phi) is 4.08. The van der Waals surface area contributed by atoms with E-state index in [4.69, 9.17) is 0 Å². The van der Waals surface area contributed by atoms with Gasteiger partial charge in [-0.25, -0.2) is 18.6 Å². The number of ether oxygens (including phenoxy) is 1. The summed E-state index contributed by atoms with van der Waals surface area (Å²) in [5, 5.41) is 10.6. The number of hydrogen-bond donors (Lipinski definition) is 1. The van der Waals surface area contributed by atoms with Crippen molar-refractivity contribution in [1.82, 2.24) is 4.98 Å². The van der Waals surface area contributed by atoms with Crippen molar-refractivity contribution >= 4 is 11.8 Å². The molecule has 0 aliphatic heterocycles. The fraction of sp³-hybridized carbons (Fsp3) is 0.333. The summed E-state index contributed by atoms with van der Waals surface area (Å²) in [5.41, 5.74) is -3.01. The topological polar surface area (TPSA) is 102 Å². The maximum absolute atomic E-state index is 12.4. The number of nitrogens with zero attached hydrogens (tertiary/aromatic N) is 1. The third-order valence-corrected chi connectivity index (χ3v) is 1.93. The summed E-state index contributed by atoms with van der Waals surface area (Å²) in [6, 6.07) is 0.434. The van der Waals surface area contributed by atoms with Gasteiger partial charge in [-0.2, -0.15) is 0 Å². The van der Waals surface area contributed by atoms with Crippen LogP contribution in [0.25, 0.3) is 0 Å². The second-order valence-electron chi connectivity index (χ2n) is 3.09. The monoisotopic (exact) mass is 262 g/mol. The SMILES string of the molecule is CCOC(=O)c1c([N+](=O)[O-])[nH]c(C(F)F)cc1=O. The highest BCUT2D eigenvalue weighted by molar-refractivity contribution is 5.92. The molecule has 0 saturated carbocycles. The number of nitrogens with one attached hydrogen (secondary N) is 1. The van der Waals surface area contributed by atoms with Crippen molar-refractivity contribution in [3.05, 3.63) is 37.7 Å². The molecule has 1 rings (SSSR count). The molecule has 1 aromatic rings. The van der Waals surface area contributed by atoms with E-state index in [1.807, 2.05) is 0 Å². The van der Waals surface area contributed by atoms with Crippen LogP contribution in [0.5, 0.6) is 0 Å². The molecule has 0 amide bonds. The number of halogens is 2. The lowest BCUT2D eigenvalue weighted by Crippen LogP contribution is -2.21. The number of aromatic nitrogens is 1. The summed E-state index contributed by atoms with van der Waals surface area (Å²) in [6.45, 7) is 1.33. The molecule has 0 spiro atoms. The second kappa shape index (κ2) is 5.34. The van der Waals surface area contributed by atoms with Crippen molar-refractivity contribution in [1.29, 1.82) is 0 Å². The number of esters is 1. The lowest BCUT2D eigenvalue weighted by molar-refractivity contribution is -0.390. The van der Waals surface area contributed by atoms with Crippen molar-refractivity contribution < 1.29 is 23.2 Å². The fourth-order valence-electron chi connectivity index (χ4n) is 1.22. The van der Waals surface area contributed by atoms with Crippen LogP contribution in [0, 0.1) is 10.1 Å². The molecule has 0 radical (unpaired) electrons. The summed E-state index contributed by atoms with van der Waals surface area (Å²) in [7, 11) is 0. The minimum atomic E-state index is -3.09. The first-order valence-corrected chi connectivity index (χ1v) is 4.75. The zero-order valence-corrected chi connectivity index (χ0v) is 9.11. The normalized spacial score (nSPS) is 10.4. The average molecular weight is 262 g/mol. The number of aromatic amines is 1. The molecule has 0 unspecified atom stereocenters. The molecule has 1 N–H and O–H groups in total. The third kappa shape index (κ3) is 2.67. The van der Waals surface area contributed by atoms with Gasteiger partial charge in [-0.1, -0.05) is 0 Å². The van der Waals surface area contributed by atoms with E-state index in [0.29, 0.717) is 6.07 Å². The molecule has 1 heterocycles. The van der Waals surface area contributed by atoms with Gasteiger partial charge in [0.25, 0.3) is 6.43 Å². The smallest absolute Gasteiger partial charge is 0.350 e. The van der Waals surface area contributed by atoms with Crippen LogP contribution in [-0.4, -0.2) is 22.5 Å². The molecule has 7 nitrogen and oxygen atoms in total. The third-order valence-electron chi connectivity index (χ3n) is 1.93. The van der Waals surface area contributed by atoms with Crippen molar-refractivity contribution in [2.75, 3.05) is 6.61 Å². The first-order valence-electron chi connectivity index (χ1n) is 4.75. The Labute approximate surface area is 98.5 Å². The zero-order chi connectivity index (χ0) is 13.9. The summed E-state index contributed by atoms with van der Waals surface area (Å²) < 4.78 is 29.2. The van der Waals surface area contributed by atoms with Crippen LogP contribution in [0.3, 0.4) is 0 Å². The zero-order valence-electron chi connectivity index (χ0n) is 9.11. The second-order valence-corrected chi connectivity index (χ2v) is 3.09. The van der Waals surface area contributed by atoms with Gasteiger partial charge >= 0.3 is 11.8 Å². The summed E-state index contributed by atoms with van der Waals surface area (Å²) in [4.78, 5) is 34.0. The molecule has 9 heteroatoms. The molecule has 0 fully saturated rings. The van der Waals surface area contributed by atoms with E-state index in [0.717, 1.165) is 0 Å². The minimum Gasteiger partial charge on any atom is -0.462 e. The number of rotatable bonds is 4. The quantitative estimate of drug-likeness (QED) is 0.502. The number of pyridine rings is 1. The van der Waals surface area contributed by atoms with Gasteiger partial charge in [-0.05, 0) is 11.8 Å². The largest absolute Gasteiger partial charge is 0.462 e. The number of carbonyl (C=O) groups is 1. The number of H-pyrrole nitrogens is 1. The lowest BCUT2D eigenvalue weighted by atomic mass is 10.2. The Morgan fingerprint density at radius 3 is 2.67 bits per heavy atom. The molecule has 0 bridgehead atoms. The minimum absolute atomic E-state index is 0.105. The number of nitro groups is 1. The molecule has 98 valence electrons. The number of alkyl halides is 2. The maximum Gasteiger partial charge on any atom is 0.350 e. The van der Waals surface area contributed by atoms with Crippen molar-refractivity contribution in [3.63, 3.8) is 0 Å². The van der Waals surface area contributed by atoms with Crippen LogP contribution in [0.4, 0.5) is 14.6 Å². The number of carbonyl (C=O) groups excluding carboxylic acids is 1. The first kappa shape index (κ1) is 13.7. The van der Waals surface area contributed by atoms with Gasteiger partial charge in [-0.15, -0.1) is 0 Å². The van der Waals surface area contributed by atoms with Crippen LogP contribution >= 0.6 is 0 Å². The van der Waals surface area contributed by atoms with E-state index < -0.39 is 39.8 Å². The maximum atomic E-state index is 12.4. The predicted octanol–water partition coefficient (Wildman–Crippen LogP) is 1.40. The molecule has 18 heavy (non-hydrogen) atoms. The van der Waals surface area contributed by atoms with Gasteiger partial charge in [0.05, 0.1) is 6.61 Å². The summed E-state index contributed by atoms with van der Waals surface area (Å²) >= 11 is 0. The van der Waals surface area contributed by atoms with Gasteiger partial charge in [0.15, 0.2) is 11.3 Å². The van der Waals surface area contributed by atoms with Crippen LogP contribution in [0.15, 0.2) is 10.9 Å². The lowest BCUT2D eigenvalue weighted by Gasteiger charge is -2.04. The highest BCUT2D eigenvalue weighted by Crippen LogP contribution is 2.20. The van der Waals surface area contributed by atoms with Crippen molar-refractivity contribution in [2.24, 2.45) is 0 Å². The Hall–Kier alpha value is -2.32. The van der Waals surface area contributed by atoms with E-state index in [1.165, 1.54) is 6.92 Å². The fourth-order valence-corrected chi connectivity index (χ4v) is 1.22.